The average Bonchev–Trinajstić information content (AvgIpc) is 2.79. The van der Waals surface area contributed by atoms with Gasteiger partial charge in [0.2, 0.25) is 0 Å². The summed E-state index contributed by atoms with van der Waals surface area (Å²) in [6, 6.07) is 10.7. The minimum absolute atomic E-state index is 0.0241. The monoisotopic (exact) mass is 275 g/mol. The summed E-state index contributed by atoms with van der Waals surface area (Å²) in [5.41, 5.74) is 9.79. The highest BCUT2D eigenvalue weighted by atomic mass is 32.2. The van der Waals surface area contributed by atoms with Gasteiger partial charge in [-0.2, -0.15) is 5.10 Å². The normalized spacial score (nSPS) is 12.6. The largest absolute Gasteiger partial charge is 0.324 e. The van der Waals surface area contributed by atoms with E-state index in [9.17, 15) is 0 Å². The molecule has 0 saturated carbocycles. The number of nitrogens with two attached hydrogens (primary N) is 1. The van der Waals surface area contributed by atoms with E-state index in [0.717, 1.165) is 18.5 Å². The van der Waals surface area contributed by atoms with E-state index < -0.39 is 0 Å². The summed E-state index contributed by atoms with van der Waals surface area (Å²) in [4.78, 5) is 1.27. The van der Waals surface area contributed by atoms with Crippen molar-refractivity contribution in [3.8, 4) is 0 Å². The van der Waals surface area contributed by atoms with Crippen LogP contribution in [0.25, 0.3) is 0 Å². The molecule has 0 spiro atoms. The molecule has 2 aromatic rings. The molecule has 0 amide bonds. The van der Waals surface area contributed by atoms with Gasteiger partial charge in [0.25, 0.3) is 0 Å². The molecule has 0 bridgehead atoms. The molecule has 4 heteroatoms. The van der Waals surface area contributed by atoms with Crippen LogP contribution in [0.2, 0.25) is 0 Å². The molecule has 0 radical (unpaired) electrons. The molecule has 0 fully saturated rings. The molecule has 1 aromatic carbocycles. The van der Waals surface area contributed by atoms with Gasteiger partial charge in [-0.25, -0.2) is 0 Å². The van der Waals surface area contributed by atoms with Crippen LogP contribution >= 0.6 is 11.8 Å². The Labute approximate surface area is 119 Å². The summed E-state index contributed by atoms with van der Waals surface area (Å²) >= 11 is 1.75. The zero-order valence-corrected chi connectivity index (χ0v) is 12.6. The Kier molecular flexibility index (Phi) is 4.66. The summed E-state index contributed by atoms with van der Waals surface area (Å²) in [6.45, 7) is 2.12. The molecular weight excluding hydrogens is 254 g/mol. The standard InChI is InChI=1S/C15H21N3S/c1-4-12-9-13(18(2)17-12)10-15(16)11-5-7-14(19-3)8-6-11/h5-9,15H,4,10,16H2,1-3H3. The van der Waals surface area contributed by atoms with Gasteiger partial charge in [-0.15, -0.1) is 11.8 Å². The highest BCUT2D eigenvalue weighted by molar-refractivity contribution is 7.98. The summed E-state index contributed by atoms with van der Waals surface area (Å²) in [7, 11) is 1.98. The predicted molar refractivity (Wildman–Crippen MR) is 81.4 cm³/mol. The van der Waals surface area contributed by atoms with Gasteiger partial charge in [-0.05, 0) is 36.4 Å². The van der Waals surface area contributed by atoms with E-state index >= 15 is 0 Å². The second-order valence-corrected chi connectivity index (χ2v) is 5.57. The Bertz CT molecular complexity index is 531. The van der Waals surface area contributed by atoms with Crippen molar-refractivity contribution in [3.63, 3.8) is 0 Å². The minimum Gasteiger partial charge on any atom is -0.324 e. The third-order valence-electron chi connectivity index (χ3n) is 3.36. The Morgan fingerprint density at radius 3 is 2.53 bits per heavy atom. The number of benzene rings is 1. The molecule has 0 saturated heterocycles. The van der Waals surface area contributed by atoms with Crippen LogP contribution in [-0.4, -0.2) is 16.0 Å². The first-order valence-electron chi connectivity index (χ1n) is 6.55. The molecule has 0 aliphatic rings. The van der Waals surface area contributed by atoms with E-state index in [0.29, 0.717) is 0 Å². The summed E-state index contributed by atoms with van der Waals surface area (Å²) in [5.74, 6) is 0. The first-order valence-corrected chi connectivity index (χ1v) is 7.77. The third-order valence-corrected chi connectivity index (χ3v) is 4.11. The maximum absolute atomic E-state index is 6.29. The lowest BCUT2D eigenvalue weighted by Crippen LogP contribution is -2.15. The third kappa shape index (κ3) is 3.39. The molecule has 3 nitrogen and oxygen atoms in total. The van der Waals surface area contributed by atoms with Crippen LogP contribution in [0.5, 0.6) is 0 Å². The Morgan fingerprint density at radius 2 is 2.00 bits per heavy atom. The van der Waals surface area contributed by atoms with Gasteiger partial charge in [0.1, 0.15) is 0 Å². The molecule has 1 heterocycles. The number of aromatic nitrogens is 2. The van der Waals surface area contributed by atoms with Crippen molar-refractivity contribution in [2.24, 2.45) is 12.8 Å². The summed E-state index contributed by atoms with van der Waals surface area (Å²) in [6.07, 6.45) is 3.87. The van der Waals surface area contributed by atoms with Crippen molar-refractivity contribution in [1.29, 1.82) is 0 Å². The van der Waals surface area contributed by atoms with Gasteiger partial charge < -0.3 is 5.73 Å². The second kappa shape index (κ2) is 6.26. The number of hydrogen-bond donors (Lipinski definition) is 1. The van der Waals surface area contributed by atoms with Crippen molar-refractivity contribution in [2.45, 2.75) is 30.7 Å². The maximum Gasteiger partial charge on any atom is 0.0624 e. The number of rotatable bonds is 5. The van der Waals surface area contributed by atoms with Crippen LogP contribution in [0.3, 0.4) is 0 Å². The fraction of sp³-hybridized carbons (Fsp3) is 0.400. The molecule has 1 aromatic heterocycles. The van der Waals surface area contributed by atoms with Crippen LogP contribution in [0, 0.1) is 0 Å². The van der Waals surface area contributed by atoms with E-state index in [1.165, 1.54) is 16.2 Å². The number of hydrogen-bond acceptors (Lipinski definition) is 3. The van der Waals surface area contributed by atoms with Crippen LogP contribution in [-0.2, 0) is 19.9 Å². The zero-order chi connectivity index (χ0) is 13.8. The number of nitrogens with zero attached hydrogens (tertiary/aromatic N) is 2. The lowest BCUT2D eigenvalue weighted by atomic mass is 10.0. The van der Waals surface area contributed by atoms with Gasteiger partial charge >= 0.3 is 0 Å². The second-order valence-electron chi connectivity index (χ2n) is 4.69. The van der Waals surface area contributed by atoms with Gasteiger partial charge in [0, 0.05) is 30.1 Å². The Morgan fingerprint density at radius 1 is 1.32 bits per heavy atom. The molecule has 2 rings (SSSR count). The van der Waals surface area contributed by atoms with Gasteiger partial charge in [-0.1, -0.05) is 19.1 Å². The van der Waals surface area contributed by atoms with Gasteiger partial charge in [0.05, 0.1) is 5.69 Å². The van der Waals surface area contributed by atoms with Crippen LogP contribution < -0.4 is 5.73 Å². The van der Waals surface area contributed by atoms with E-state index in [-0.39, 0.29) is 6.04 Å². The minimum atomic E-state index is 0.0241. The molecule has 19 heavy (non-hydrogen) atoms. The maximum atomic E-state index is 6.29. The van der Waals surface area contributed by atoms with E-state index in [4.69, 9.17) is 5.73 Å². The van der Waals surface area contributed by atoms with Crippen LogP contribution in [0.15, 0.2) is 35.2 Å². The molecule has 1 unspecified atom stereocenters. The molecule has 0 aliphatic carbocycles. The molecular formula is C15H21N3S. The Balaban J connectivity index is 2.10. The highest BCUT2D eigenvalue weighted by Gasteiger charge is 2.11. The smallest absolute Gasteiger partial charge is 0.0624 e. The predicted octanol–water partition coefficient (Wildman–Crippen LogP) is 2.95. The van der Waals surface area contributed by atoms with Crippen molar-refractivity contribution in [2.75, 3.05) is 6.26 Å². The highest BCUT2D eigenvalue weighted by Crippen LogP contribution is 2.20. The number of thioether (sulfide) groups is 1. The van der Waals surface area contributed by atoms with Crippen LogP contribution in [0.4, 0.5) is 0 Å². The summed E-state index contributed by atoms with van der Waals surface area (Å²) in [5, 5.41) is 4.46. The van der Waals surface area contributed by atoms with E-state index in [1.807, 2.05) is 11.7 Å². The zero-order valence-electron chi connectivity index (χ0n) is 11.8. The Hall–Kier alpha value is -1.26. The van der Waals surface area contributed by atoms with E-state index in [2.05, 4.69) is 48.6 Å². The topological polar surface area (TPSA) is 43.8 Å². The fourth-order valence-corrected chi connectivity index (χ4v) is 2.54. The fourth-order valence-electron chi connectivity index (χ4n) is 2.13. The number of aryl methyl sites for hydroxylation is 2. The van der Waals surface area contributed by atoms with Gasteiger partial charge in [-0.3, -0.25) is 4.68 Å². The summed E-state index contributed by atoms with van der Waals surface area (Å²) < 4.78 is 1.94. The van der Waals surface area contributed by atoms with Crippen LogP contribution in [0.1, 0.15) is 29.9 Å². The SMILES string of the molecule is CCc1cc(CC(N)c2ccc(SC)cc2)n(C)n1. The average molecular weight is 275 g/mol. The van der Waals surface area contributed by atoms with Crippen molar-refractivity contribution < 1.29 is 0 Å². The lowest BCUT2D eigenvalue weighted by Gasteiger charge is -2.12. The van der Waals surface area contributed by atoms with Gasteiger partial charge in [0.15, 0.2) is 0 Å². The van der Waals surface area contributed by atoms with E-state index in [1.54, 1.807) is 11.8 Å². The van der Waals surface area contributed by atoms with Crippen molar-refractivity contribution in [1.82, 2.24) is 9.78 Å². The first-order chi connectivity index (χ1) is 9.13. The molecule has 2 N–H and O–H groups in total. The molecule has 1 atom stereocenters. The first kappa shape index (κ1) is 14.2. The quantitative estimate of drug-likeness (QED) is 0.853. The lowest BCUT2D eigenvalue weighted by molar-refractivity contribution is 0.638. The molecule has 0 aliphatic heterocycles. The van der Waals surface area contributed by atoms with Crippen molar-refractivity contribution >= 4 is 11.8 Å². The molecule has 102 valence electrons. The van der Waals surface area contributed by atoms with Crippen molar-refractivity contribution in [3.05, 3.63) is 47.3 Å².